The van der Waals surface area contributed by atoms with Gasteiger partial charge in [0.2, 0.25) is 0 Å². The van der Waals surface area contributed by atoms with Crippen LogP contribution >= 0.6 is 0 Å². The quantitative estimate of drug-likeness (QED) is 0.894. The van der Waals surface area contributed by atoms with E-state index < -0.39 is 0 Å². The molecule has 0 amide bonds. The van der Waals surface area contributed by atoms with Gasteiger partial charge in [-0.05, 0) is 33.8 Å². The van der Waals surface area contributed by atoms with Gasteiger partial charge >= 0.3 is 0 Å². The summed E-state index contributed by atoms with van der Waals surface area (Å²) >= 11 is 0. The lowest BCUT2D eigenvalue weighted by molar-refractivity contribution is -0.131. The lowest BCUT2D eigenvalue weighted by atomic mass is 10.1. The minimum Gasteiger partial charge on any atom is -0.465 e. The van der Waals surface area contributed by atoms with E-state index >= 15 is 0 Å². The van der Waals surface area contributed by atoms with Crippen molar-refractivity contribution in [3.8, 4) is 0 Å². The van der Waals surface area contributed by atoms with Crippen LogP contribution < -0.4 is 5.73 Å². The molecule has 0 saturated carbocycles. The zero-order valence-electron chi connectivity index (χ0n) is 11.8. The number of rotatable bonds is 3. The standard InChI is InChI=1S/C14H24N2O2/c1-10-7-16(9-14(3,4)18-10)8-13-5-12(6-15)11(2)17-13/h5,10H,6-9,15H2,1-4H3. The van der Waals surface area contributed by atoms with Gasteiger partial charge in [0.05, 0.1) is 18.2 Å². The molecule has 1 fully saturated rings. The molecular weight excluding hydrogens is 228 g/mol. The van der Waals surface area contributed by atoms with E-state index in [4.69, 9.17) is 14.9 Å². The summed E-state index contributed by atoms with van der Waals surface area (Å²) in [6.07, 6.45) is 0.263. The number of ether oxygens (including phenoxy) is 1. The highest BCUT2D eigenvalue weighted by Crippen LogP contribution is 2.23. The van der Waals surface area contributed by atoms with Gasteiger partial charge in [0.1, 0.15) is 11.5 Å². The van der Waals surface area contributed by atoms with Crippen LogP contribution in [0, 0.1) is 6.92 Å². The van der Waals surface area contributed by atoms with E-state index in [2.05, 4.69) is 31.7 Å². The fraction of sp³-hybridized carbons (Fsp3) is 0.714. The molecule has 0 radical (unpaired) electrons. The Morgan fingerprint density at radius 3 is 2.78 bits per heavy atom. The number of aryl methyl sites for hydroxylation is 1. The molecule has 1 aliphatic heterocycles. The normalized spacial score (nSPS) is 24.4. The molecule has 0 spiro atoms. The van der Waals surface area contributed by atoms with Crippen LogP contribution in [-0.2, 0) is 17.8 Å². The number of morpholine rings is 1. The van der Waals surface area contributed by atoms with Crippen molar-refractivity contribution in [3.05, 3.63) is 23.2 Å². The van der Waals surface area contributed by atoms with E-state index in [0.717, 1.165) is 36.7 Å². The third kappa shape index (κ3) is 3.13. The summed E-state index contributed by atoms with van der Waals surface area (Å²) < 4.78 is 11.6. The van der Waals surface area contributed by atoms with Crippen LogP contribution in [0.2, 0.25) is 0 Å². The first-order valence-corrected chi connectivity index (χ1v) is 6.58. The van der Waals surface area contributed by atoms with Gasteiger partial charge in [-0.2, -0.15) is 0 Å². The number of hydrogen-bond acceptors (Lipinski definition) is 4. The molecule has 1 unspecified atom stereocenters. The second-order valence-electron chi connectivity index (χ2n) is 5.86. The van der Waals surface area contributed by atoms with E-state index in [1.54, 1.807) is 0 Å². The molecule has 2 rings (SSSR count). The smallest absolute Gasteiger partial charge is 0.118 e. The van der Waals surface area contributed by atoms with Crippen molar-refractivity contribution in [1.29, 1.82) is 0 Å². The van der Waals surface area contributed by atoms with Crippen LogP contribution in [-0.4, -0.2) is 29.7 Å². The molecular formula is C14H24N2O2. The molecule has 2 heterocycles. The molecule has 1 aromatic rings. The molecule has 18 heavy (non-hydrogen) atoms. The lowest BCUT2D eigenvalue weighted by Gasteiger charge is -2.41. The summed E-state index contributed by atoms with van der Waals surface area (Å²) in [5, 5.41) is 0. The number of furan rings is 1. The highest BCUT2D eigenvalue weighted by Gasteiger charge is 2.31. The van der Waals surface area contributed by atoms with Crippen molar-refractivity contribution in [2.75, 3.05) is 13.1 Å². The van der Waals surface area contributed by atoms with Crippen LogP contribution in [0.3, 0.4) is 0 Å². The number of nitrogens with two attached hydrogens (primary N) is 1. The Hall–Kier alpha value is -0.840. The van der Waals surface area contributed by atoms with Crippen LogP contribution in [0.5, 0.6) is 0 Å². The second kappa shape index (κ2) is 5.03. The largest absolute Gasteiger partial charge is 0.465 e. The van der Waals surface area contributed by atoms with Gasteiger partial charge in [-0.3, -0.25) is 4.90 Å². The van der Waals surface area contributed by atoms with Crippen molar-refractivity contribution in [2.45, 2.75) is 52.5 Å². The van der Waals surface area contributed by atoms with Crippen LogP contribution in [0.25, 0.3) is 0 Å². The van der Waals surface area contributed by atoms with E-state index in [1.165, 1.54) is 0 Å². The second-order valence-corrected chi connectivity index (χ2v) is 5.86. The first-order valence-electron chi connectivity index (χ1n) is 6.58. The first-order chi connectivity index (χ1) is 8.39. The maximum atomic E-state index is 5.90. The number of hydrogen-bond donors (Lipinski definition) is 1. The predicted molar refractivity (Wildman–Crippen MR) is 71.2 cm³/mol. The van der Waals surface area contributed by atoms with Crippen molar-refractivity contribution in [3.63, 3.8) is 0 Å². The molecule has 1 atom stereocenters. The van der Waals surface area contributed by atoms with Gasteiger partial charge < -0.3 is 14.9 Å². The summed E-state index contributed by atoms with van der Waals surface area (Å²) in [6, 6.07) is 2.07. The topological polar surface area (TPSA) is 51.6 Å². The van der Waals surface area contributed by atoms with Crippen molar-refractivity contribution in [1.82, 2.24) is 4.90 Å². The maximum Gasteiger partial charge on any atom is 0.118 e. The Morgan fingerprint density at radius 1 is 1.50 bits per heavy atom. The van der Waals surface area contributed by atoms with Crippen molar-refractivity contribution < 1.29 is 9.15 Å². The van der Waals surface area contributed by atoms with Gasteiger partial charge in [0, 0.05) is 25.2 Å². The minimum absolute atomic E-state index is 0.0873. The Labute approximate surface area is 109 Å². The average molecular weight is 252 g/mol. The molecule has 0 aromatic carbocycles. The zero-order chi connectivity index (χ0) is 13.3. The lowest BCUT2D eigenvalue weighted by Crippen LogP contribution is -2.51. The van der Waals surface area contributed by atoms with E-state index in [-0.39, 0.29) is 11.7 Å². The van der Waals surface area contributed by atoms with Gasteiger partial charge in [0.25, 0.3) is 0 Å². The third-order valence-electron chi connectivity index (χ3n) is 3.31. The molecule has 0 bridgehead atoms. The average Bonchev–Trinajstić information content (AvgIpc) is 2.55. The minimum atomic E-state index is -0.0873. The van der Waals surface area contributed by atoms with Crippen LogP contribution in [0.1, 0.15) is 37.9 Å². The monoisotopic (exact) mass is 252 g/mol. The molecule has 1 aromatic heterocycles. The van der Waals surface area contributed by atoms with E-state index in [9.17, 15) is 0 Å². The predicted octanol–water partition coefficient (Wildman–Crippen LogP) is 2.05. The molecule has 4 heteroatoms. The van der Waals surface area contributed by atoms with Crippen molar-refractivity contribution in [2.24, 2.45) is 5.73 Å². The molecule has 0 aliphatic carbocycles. The summed E-state index contributed by atoms with van der Waals surface area (Å²) in [7, 11) is 0. The Balaban J connectivity index is 2.04. The first kappa shape index (κ1) is 13.6. The summed E-state index contributed by atoms with van der Waals surface area (Å²) in [5.74, 6) is 1.94. The van der Waals surface area contributed by atoms with Crippen LogP contribution in [0.15, 0.2) is 10.5 Å². The molecule has 4 nitrogen and oxygen atoms in total. The summed E-state index contributed by atoms with van der Waals surface area (Å²) in [5.41, 5.74) is 6.68. The number of nitrogens with zero attached hydrogens (tertiary/aromatic N) is 1. The van der Waals surface area contributed by atoms with Gasteiger partial charge in [0.15, 0.2) is 0 Å². The van der Waals surface area contributed by atoms with E-state index in [0.29, 0.717) is 6.54 Å². The third-order valence-corrected chi connectivity index (χ3v) is 3.31. The van der Waals surface area contributed by atoms with Gasteiger partial charge in [-0.15, -0.1) is 0 Å². The molecule has 2 N–H and O–H groups in total. The summed E-state index contributed by atoms with van der Waals surface area (Å²) in [4.78, 5) is 2.38. The highest BCUT2D eigenvalue weighted by molar-refractivity contribution is 5.20. The van der Waals surface area contributed by atoms with E-state index in [1.807, 2.05) is 6.92 Å². The van der Waals surface area contributed by atoms with Crippen molar-refractivity contribution >= 4 is 0 Å². The van der Waals surface area contributed by atoms with Gasteiger partial charge in [-0.1, -0.05) is 0 Å². The Morgan fingerprint density at radius 2 is 2.22 bits per heavy atom. The highest BCUT2D eigenvalue weighted by atomic mass is 16.5. The zero-order valence-corrected chi connectivity index (χ0v) is 11.8. The Bertz CT molecular complexity index is 412. The maximum absolute atomic E-state index is 5.90. The SMILES string of the molecule is Cc1oc(CN2CC(C)OC(C)(C)C2)cc1CN. The molecule has 1 saturated heterocycles. The fourth-order valence-electron chi connectivity index (χ4n) is 2.79. The Kier molecular flexibility index (Phi) is 3.80. The van der Waals surface area contributed by atoms with Crippen LogP contribution in [0.4, 0.5) is 0 Å². The summed E-state index contributed by atoms with van der Waals surface area (Å²) in [6.45, 7) is 11.6. The fourth-order valence-corrected chi connectivity index (χ4v) is 2.79. The molecule has 1 aliphatic rings. The van der Waals surface area contributed by atoms with Gasteiger partial charge in [-0.25, -0.2) is 0 Å². The molecule has 102 valence electrons.